The van der Waals surface area contributed by atoms with E-state index in [2.05, 4.69) is 78.1 Å². The average Bonchev–Trinajstić information content (AvgIpc) is 3.78. The number of thioether (sulfide) groups is 1. The fourth-order valence-corrected chi connectivity index (χ4v) is 14.2. The van der Waals surface area contributed by atoms with Crippen molar-refractivity contribution in [3.8, 4) is 0 Å². The van der Waals surface area contributed by atoms with Gasteiger partial charge in [-0.2, -0.15) is 0 Å². The van der Waals surface area contributed by atoms with Gasteiger partial charge in [0.15, 0.2) is 12.1 Å². The number of ether oxygens (including phenoxy) is 2. The van der Waals surface area contributed by atoms with Crippen LogP contribution in [0.1, 0.15) is 22.1 Å². The van der Waals surface area contributed by atoms with Gasteiger partial charge in [-0.15, -0.1) is 23.1 Å². The number of esters is 1. The molecule has 7 nitrogen and oxygen atoms in total. The highest BCUT2D eigenvalue weighted by Gasteiger charge is 2.68. The van der Waals surface area contributed by atoms with E-state index in [9.17, 15) is 9.59 Å². The van der Waals surface area contributed by atoms with Gasteiger partial charge in [0.1, 0.15) is 28.5 Å². The summed E-state index contributed by atoms with van der Waals surface area (Å²) >= 11 is 2.85. The molecule has 0 saturated carbocycles. The summed E-state index contributed by atoms with van der Waals surface area (Å²) in [6.45, 7) is 0. The monoisotopic (exact) mass is 922 g/mol. The third kappa shape index (κ3) is 7.86. The van der Waals surface area contributed by atoms with Crippen LogP contribution in [0.2, 0.25) is 0 Å². The van der Waals surface area contributed by atoms with Crippen molar-refractivity contribution >= 4 is 64.1 Å². The zero-order valence-electron chi connectivity index (χ0n) is 31.0. The SMILES string of the molecule is CO[C@@]1(NC(=O)Cc2cccs2)C(=O)N2C(C(=O)OC(c3ccccc3)c3ccccc3)C(C[P+](c3ccccc3)(c3ccccc3)c3ccccc3)=CS[C@H]21.[I-]. The number of fused-ring (bicyclic) bond motifs is 1. The van der Waals surface area contributed by atoms with E-state index in [1.165, 1.54) is 30.2 Å². The minimum Gasteiger partial charge on any atom is -1.00 e. The van der Waals surface area contributed by atoms with Gasteiger partial charge in [0.25, 0.3) is 11.6 Å². The Kier molecular flexibility index (Phi) is 12.8. The molecule has 1 fully saturated rings. The summed E-state index contributed by atoms with van der Waals surface area (Å²) in [5, 5.41) is 9.54. The van der Waals surface area contributed by atoms with Crippen molar-refractivity contribution in [2.45, 2.75) is 29.7 Å². The van der Waals surface area contributed by atoms with Gasteiger partial charge in [0.05, 0.1) is 12.6 Å². The van der Waals surface area contributed by atoms with Crippen LogP contribution < -0.4 is 45.2 Å². The van der Waals surface area contributed by atoms with E-state index >= 15 is 4.79 Å². The fourth-order valence-electron chi connectivity index (χ4n) is 7.72. The Labute approximate surface area is 358 Å². The molecule has 0 aliphatic carbocycles. The lowest BCUT2D eigenvalue weighted by atomic mass is 9.94. The number of benzene rings is 5. The van der Waals surface area contributed by atoms with E-state index < -0.39 is 42.4 Å². The highest BCUT2D eigenvalue weighted by atomic mass is 127. The van der Waals surface area contributed by atoms with Crippen molar-refractivity contribution < 1.29 is 47.8 Å². The first-order valence-corrected chi connectivity index (χ1v) is 22.2. The Balaban J connectivity index is 0.00000496. The number of nitrogens with zero attached hydrogens (tertiary/aromatic N) is 1. The van der Waals surface area contributed by atoms with Gasteiger partial charge in [-0.25, -0.2) is 4.79 Å². The first kappa shape index (κ1) is 40.6. The standard InChI is InChI=1S/C46H39N2O5PS2.HI/c1-52-46(47-40(49)30-39-28-17-29-55-39)44(51)48-41(43(50)53-42(33-18-7-2-8-19-33)34-20-9-3-10-21-34)35(32-56-45(46)48)31-54(36-22-11-4-12-23-36,37-24-13-5-14-25-37)38-26-15-6-16-27-38;/h2-29,32,41-42,45H,30-31H2,1H3;1H/t41?,45-,46-;/m0./s1. The van der Waals surface area contributed by atoms with Gasteiger partial charge >= 0.3 is 5.97 Å². The summed E-state index contributed by atoms with van der Waals surface area (Å²) in [6.07, 6.45) is -0.167. The lowest BCUT2D eigenvalue weighted by Crippen LogP contribution is -3.00. The molecule has 2 amide bonds. The molecular formula is C46H40IN2O5PS2. The predicted octanol–water partition coefficient (Wildman–Crippen LogP) is 4.25. The zero-order chi connectivity index (χ0) is 38.5. The second kappa shape index (κ2) is 17.9. The fraction of sp³-hybridized carbons (Fsp3) is 0.152. The molecule has 8 rings (SSSR count). The van der Waals surface area contributed by atoms with Crippen molar-refractivity contribution in [1.29, 1.82) is 0 Å². The Morgan fingerprint density at radius 3 is 1.68 bits per heavy atom. The molecule has 11 heteroatoms. The molecule has 1 unspecified atom stereocenters. The first-order chi connectivity index (χ1) is 27.4. The number of rotatable bonds is 13. The second-order valence-electron chi connectivity index (χ2n) is 13.7. The maximum atomic E-state index is 15.1. The number of hydrogen-bond donors (Lipinski definition) is 1. The number of carbonyl (C=O) groups is 3. The molecule has 1 aromatic heterocycles. The van der Waals surface area contributed by atoms with E-state index in [1.807, 2.05) is 102 Å². The molecule has 5 aromatic carbocycles. The summed E-state index contributed by atoms with van der Waals surface area (Å²) < 4.78 is 12.5. The third-order valence-corrected chi connectivity index (χ3v) is 16.9. The largest absolute Gasteiger partial charge is 1.00 e. The smallest absolute Gasteiger partial charge is 0.334 e. The number of hydrogen-bond acceptors (Lipinski definition) is 7. The first-order valence-electron chi connectivity index (χ1n) is 18.4. The quantitative estimate of drug-likeness (QED) is 0.0614. The van der Waals surface area contributed by atoms with Crippen molar-refractivity contribution in [3.05, 3.63) is 196 Å². The zero-order valence-corrected chi connectivity index (χ0v) is 35.7. The lowest BCUT2D eigenvalue weighted by molar-refractivity contribution is -0.202. The minimum absolute atomic E-state index is 0. The van der Waals surface area contributed by atoms with Crippen LogP contribution in [-0.2, 0) is 30.3 Å². The number of methoxy groups -OCH3 is 1. The van der Waals surface area contributed by atoms with E-state index in [0.29, 0.717) is 6.16 Å². The highest BCUT2D eigenvalue weighted by molar-refractivity contribution is 8.03. The number of halogens is 1. The van der Waals surface area contributed by atoms with Crippen LogP contribution in [0.15, 0.2) is 180 Å². The van der Waals surface area contributed by atoms with Crippen LogP contribution in [0, 0.1) is 0 Å². The van der Waals surface area contributed by atoms with Gasteiger partial charge in [-0.05, 0) is 64.4 Å². The molecule has 1 saturated heterocycles. The van der Waals surface area contributed by atoms with Gasteiger partial charge in [0, 0.05) is 17.6 Å². The van der Waals surface area contributed by atoms with Crippen LogP contribution in [0.5, 0.6) is 0 Å². The number of thiophene rings is 1. The molecule has 3 heterocycles. The Bertz CT molecular complexity index is 2180. The predicted molar refractivity (Wildman–Crippen MR) is 227 cm³/mol. The molecule has 2 aliphatic rings. The molecule has 0 bridgehead atoms. The third-order valence-electron chi connectivity index (χ3n) is 10.4. The maximum Gasteiger partial charge on any atom is 0.334 e. The minimum atomic E-state index is -2.51. The summed E-state index contributed by atoms with van der Waals surface area (Å²) in [5.41, 5.74) is 0.702. The molecule has 6 aromatic rings. The molecule has 288 valence electrons. The molecular weight excluding hydrogens is 883 g/mol. The van der Waals surface area contributed by atoms with E-state index in [1.54, 1.807) is 4.90 Å². The van der Waals surface area contributed by atoms with E-state index in [-0.39, 0.29) is 36.3 Å². The van der Waals surface area contributed by atoms with Crippen LogP contribution in [0.25, 0.3) is 0 Å². The molecule has 1 N–H and O–H groups in total. The normalized spacial score (nSPS) is 18.7. The summed E-state index contributed by atoms with van der Waals surface area (Å²) in [7, 11) is -1.09. The van der Waals surface area contributed by atoms with Gasteiger partial charge < -0.3 is 43.7 Å². The van der Waals surface area contributed by atoms with Gasteiger partial charge in [-0.1, -0.05) is 121 Å². The Hall–Kier alpha value is -4.58. The van der Waals surface area contributed by atoms with Crippen LogP contribution in [-0.4, -0.2) is 53.1 Å². The van der Waals surface area contributed by atoms with Gasteiger partial charge in [0.2, 0.25) is 5.91 Å². The van der Waals surface area contributed by atoms with Crippen molar-refractivity contribution in [3.63, 3.8) is 0 Å². The Morgan fingerprint density at radius 1 is 0.737 bits per heavy atom. The molecule has 3 atom stereocenters. The summed E-state index contributed by atoms with van der Waals surface area (Å²) in [5.74, 6) is -1.40. The summed E-state index contributed by atoms with van der Waals surface area (Å²) in [6, 6.07) is 53.2. The van der Waals surface area contributed by atoms with Gasteiger partial charge in [-0.3, -0.25) is 9.59 Å². The van der Waals surface area contributed by atoms with Crippen molar-refractivity contribution in [1.82, 2.24) is 10.2 Å². The Morgan fingerprint density at radius 2 is 1.23 bits per heavy atom. The number of carbonyl (C=O) groups excluding carboxylic acids is 3. The average molecular weight is 923 g/mol. The molecule has 0 spiro atoms. The highest BCUT2D eigenvalue weighted by Crippen LogP contribution is 2.59. The topological polar surface area (TPSA) is 84.9 Å². The van der Waals surface area contributed by atoms with Crippen LogP contribution in [0.3, 0.4) is 0 Å². The van der Waals surface area contributed by atoms with Crippen LogP contribution in [0.4, 0.5) is 0 Å². The van der Waals surface area contributed by atoms with Crippen LogP contribution >= 0.6 is 30.4 Å². The van der Waals surface area contributed by atoms with E-state index in [4.69, 9.17) is 9.47 Å². The summed E-state index contributed by atoms with van der Waals surface area (Å²) in [4.78, 5) is 45.7. The number of β-lactam (4-membered cyclic amide) rings is 1. The lowest BCUT2D eigenvalue weighted by Gasteiger charge is -2.57. The van der Waals surface area contributed by atoms with Crippen molar-refractivity contribution in [2.75, 3.05) is 13.3 Å². The number of amides is 2. The van der Waals surface area contributed by atoms with E-state index in [0.717, 1.165) is 37.5 Å². The second-order valence-corrected chi connectivity index (χ2v) is 19.1. The maximum absolute atomic E-state index is 15.1. The van der Waals surface area contributed by atoms with Crippen molar-refractivity contribution in [2.24, 2.45) is 0 Å². The molecule has 2 aliphatic heterocycles. The molecule has 57 heavy (non-hydrogen) atoms. The molecule has 0 radical (unpaired) electrons. The number of nitrogens with one attached hydrogen (secondary N) is 1.